The van der Waals surface area contributed by atoms with Gasteiger partial charge in [-0.2, -0.15) is 13.2 Å². The molecular weight excluding hydrogens is 627 g/mol. The number of oxime groups is 1. The van der Waals surface area contributed by atoms with Crippen molar-refractivity contribution in [2.45, 2.75) is 31.2 Å². The van der Waals surface area contributed by atoms with Gasteiger partial charge >= 0.3 is 6.18 Å². The first-order valence-electron chi connectivity index (χ1n) is 12.3. The Labute approximate surface area is 247 Å². The number of carbonyl (C=O) groups excluding carboxylic acids is 1. The molecule has 0 radical (unpaired) electrons. The normalized spacial score (nSPS) is 21.3. The van der Waals surface area contributed by atoms with E-state index in [0.717, 1.165) is 22.9 Å². The van der Waals surface area contributed by atoms with E-state index in [4.69, 9.17) is 32.9 Å². The van der Waals surface area contributed by atoms with Crippen LogP contribution in [-0.2, 0) is 25.3 Å². The standard InChI is InChI=1S/C26H22Cl2F4N4O5S/c1-13-7-14(3-4-17(13)24(37)34-16-11-36(40-12-16)42(2,38)39)18-5-6-33-23(18)21-10-25(41-35-21,26(30,31)32)15-8-19(27)22(29)20(28)9-15/h3-9,16,33H,10-12H2,1-2H3,(H,34,37)/t16-,25+/m1/s1. The molecule has 1 amide bonds. The summed E-state index contributed by atoms with van der Waals surface area (Å²) in [5.74, 6) is -1.50. The van der Waals surface area contributed by atoms with Gasteiger partial charge < -0.3 is 15.1 Å². The largest absolute Gasteiger partial charge is 0.435 e. The van der Waals surface area contributed by atoms with E-state index in [0.29, 0.717) is 22.3 Å². The fourth-order valence-corrected chi connectivity index (χ4v) is 5.99. The maximum atomic E-state index is 14.4. The van der Waals surface area contributed by atoms with Crippen molar-refractivity contribution >= 4 is 44.8 Å². The van der Waals surface area contributed by atoms with Gasteiger partial charge in [-0.05, 0) is 42.3 Å². The fraction of sp³-hybridized carbons (Fsp3) is 0.308. The van der Waals surface area contributed by atoms with Gasteiger partial charge in [0.2, 0.25) is 10.0 Å². The van der Waals surface area contributed by atoms with E-state index in [-0.39, 0.29) is 24.6 Å². The molecule has 2 atom stereocenters. The minimum Gasteiger partial charge on any atom is -0.374 e. The molecule has 0 saturated carbocycles. The number of nitrogens with one attached hydrogen (secondary N) is 2. The minimum absolute atomic E-state index is 0.0113. The maximum absolute atomic E-state index is 14.4. The van der Waals surface area contributed by atoms with Gasteiger partial charge in [0.15, 0.2) is 5.82 Å². The Balaban J connectivity index is 1.38. The van der Waals surface area contributed by atoms with Crippen molar-refractivity contribution < 1.29 is 40.4 Å². The molecule has 2 aromatic carbocycles. The van der Waals surface area contributed by atoms with Crippen molar-refractivity contribution in [1.29, 1.82) is 0 Å². The van der Waals surface area contributed by atoms with Gasteiger partial charge in [-0.15, -0.1) is 0 Å². The Morgan fingerprint density at radius 1 is 1.19 bits per heavy atom. The third-order valence-electron chi connectivity index (χ3n) is 6.95. The summed E-state index contributed by atoms with van der Waals surface area (Å²) in [6, 6.07) is 7.57. The molecular formula is C26H22Cl2F4N4O5S. The lowest BCUT2D eigenvalue weighted by molar-refractivity contribution is -0.275. The van der Waals surface area contributed by atoms with Crippen molar-refractivity contribution in [3.8, 4) is 11.1 Å². The second-order valence-corrected chi connectivity index (χ2v) is 12.6. The predicted molar refractivity (Wildman–Crippen MR) is 146 cm³/mol. The van der Waals surface area contributed by atoms with Gasteiger partial charge in [-0.3, -0.25) is 9.63 Å². The molecule has 16 heteroatoms. The SMILES string of the molecule is Cc1cc(-c2cc[nH]c2C2=NO[C@@](c3cc(Cl)c(F)c(Cl)c3)(C(F)(F)F)C2)ccc1C(=O)N[C@H]1CON(S(C)(=O)=O)C1. The van der Waals surface area contributed by atoms with Crippen molar-refractivity contribution in [2.75, 3.05) is 19.4 Å². The number of nitrogens with zero attached hydrogens (tertiary/aromatic N) is 2. The summed E-state index contributed by atoms with van der Waals surface area (Å²) in [5, 5.41) is 5.31. The number of hydroxylamine groups is 1. The first-order chi connectivity index (χ1) is 19.6. The Morgan fingerprint density at radius 3 is 2.48 bits per heavy atom. The van der Waals surface area contributed by atoms with Crippen LogP contribution < -0.4 is 5.32 Å². The summed E-state index contributed by atoms with van der Waals surface area (Å²) in [4.78, 5) is 25.9. The molecule has 0 spiro atoms. The molecule has 1 saturated heterocycles. The molecule has 1 fully saturated rings. The number of hydrogen-bond donors (Lipinski definition) is 2. The summed E-state index contributed by atoms with van der Waals surface area (Å²) in [7, 11) is -3.57. The van der Waals surface area contributed by atoms with Crippen LogP contribution in [0.5, 0.6) is 0 Å². The van der Waals surface area contributed by atoms with Crippen LogP contribution in [0.2, 0.25) is 10.0 Å². The average Bonchev–Trinajstić information content (AvgIpc) is 3.66. The molecule has 9 nitrogen and oxygen atoms in total. The highest BCUT2D eigenvalue weighted by atomic mass is 35.5. The Morgan fingerprint density at radius 2 is 1.88 bits per heavy atom. The van der Waals surface area contributed by atoms with Crippen molar-refractivity contribution in [2.24, 2.45) is 5.16 Å². The monoisotopic (exact) mass is 648 g/mol. The van der Waals surface area contributed by atoms with E-state index in [1.54, 1.807) is 31.2 Å². The van der Waals surface area contributed by atoms with Gasteiger partial charge in [0.25, 0.3) is 11.5 Å². The average molecular weight is 649 g/mol. The van der Waals surface area contributed by atoms with Crippen LogP contribution in [0.25, 0.3) is 11.1 Å². The van der Waals surface area contributed by atoms with Crippen LogP contribution in [0.4, 0.5) is 17.6 Å². The Kier molecular flexibility index (Phi) is 7.81. The van der Waals surface area contributed by atoms with E-state index >= 15 is 0 Å². The number of H-pyrrole nitrogens is 1. The van der Waals surface area contributed by atoms with Gasteiger partial charge in [0, 0.05) is 22.9 Å². The van der Waals surface area contributed by atoms with Crippen molar-refractivity contribution in [1.82, 2.24) is 14.8 Å². The smallest absolute Gasteiger partial charge is 0.374 e. The second kappa shape index (κ2) is 10.8. The lowest BCUT2D eigenvalue weighted by atomic mass is 9.86. The van der Waals surface area contributed by atoms with E-state index < -0.39 is 61.6 Å². The molecule has 5 rings (SSSR count). The zero-order valence-corrected chi connectivity index (χ0v) is 24.2. The van der Waals surface area contributed by atoms with Crippen LogP contribution in [0.15, 0.2) is 47.8 Å². The van der Waals surface area contributed by atoms with Crippen LogP contribution in [0, 0.1) is 12.7 Å². The zero-order chi connectivity index (χ0) is 30.6. The molecule has 2 aliphatic heterocycles. The summed E-state index contributed by atoms with van der Waals surface area (Å²) >= 11 is 11.6. The molecule has 224 valence electrons. The quantitative estimate of drug-likeness (QED) is 0.277. The van der Waals surface area contributed by atoms with Gasteiger partial charge in [0.05, 0.1) is 47.6 Å². The molecule has 0 bridgehead atoms. The summed E-state index contributed by atoms with van der Waals surface area (Å²) in [6.07, 6.45) is -3.20. The summed E-state index contributed by atoms with van der Waals surface area (Å²) < 4.78 is 81.4. The van der Waals surface area contributed by atoms with E-state index in [1.807, 2.05) is 0 Å². The lowest BCUT2D eigenvalue weighted by Gasteiger charge is -2.29. The number of aromatic amines is 1. The maximum Gasteiger partial charge on any atom is 0.435 e. The molecule has 0 aliphatic carbocycles. The highest BCUT2D eigenvalue weighted by Gasteiger charge is 2.62. The number of hydrogen-bond acceptors (Lipinski definition) is 6. The topological polar surface area (TPSA) is 113 Å². The number of rotatable bonds is 6. The molecule has 2 N–H and O–H groups in total. The number of sulfonamides is 1. The summed E-state index contributed by atoms with van der Waals surface area (Å²) in [6.45, 7) is 1.64. The van der Waals surface area contributed by atoms with Crippen molar-refractivity contribution in [3.05, 3.63) is 80.8 Å². The Bertz CT molecular complexity index is 1690. The van der Waals surface area contributed by atoms with Crippen LogP contribution in [-0.4, -0.2) is 61.1 Å². The van der Waals surface area contributed by atoms with Crippen LogP contribution in [0.1, 0.15) is 33.6 Å². The Hall–Kier alpha value is -3.17. The number of amides is 1. The first-order valence-corrected chi connectivity index (χ1v) is 14.9. The molecule has 0 unspecified atom stereocenters. The number of aryl methyl sites for hydroxylation is 1. The molecule has 3 aromatic rings. The van der Waals surface area contributed by atoms with Gasteiger partial charge in [-0.1, -0.05) is 45.0 Å². The van der Waals surface area contributed by atoms with Crippen LogP contribution >= 0.6 is 23.2 Å². The first kappa shape index (κ1) is 30.3. The minimum atomic E-state index is -4.97. The van der Waals surface area contributed by atoms with E-state index in [2.05, 4.69) is 15.5 Å². The molecule has 1 aromatic heterocycles. The second-order valence-electron chi connectivity index (χ2n) is 9.90. The molecule has 42 heavy (non-hydrogen) atoms. The third kappa shape index (κ3) is 5.49. The van der Waals surface area contributed by atoms with E-state index in [1.165, 1.54) is 6.20 Å². The number of carbonyl (C=O) groups is 1. The lowest BCUT2D eigenvalue weighted by Crippen LogP contribution is -2.42. The number of benzene rings is 2. The fourth-order valence-electron chi connectivity index (χ4n) is 4.80. The number of alkyl halides is 3. The number of aromatic nitrogens is 1. The van der Waals surface area contributed by atoms with E-state index in [9.17, 15) is 30.8 Å². The third-order valence-corrected chi connectivity index (χ3v) is 8.49. The van der Waals surface area contributed by atoms with Gasteiger partial charge in [-0.25, -0.2) is 12.8 Å². The number of halogens is 6. The predicted octanol–water partition coefficient (Wildman–Crippen LogP) is 5.32. The summed E-state index contributed by atoms with van der Waals surface area (Å²) in [5.41, 5.74) is -1.32. The molecule has 3 heterocycles. The van der Waals surface area contributed by atoms with Crippen LogP contribution in [0.3, 0.4) is 0 Å². The highest BCUT2D eigenvalue weighted by Crippen LogP contribution is 2.50. The zero-order valence-electron chi connectivity index (χ0n) is 21.9. The van der Waals surface area contributed by atoms with Crippen molar-refractivity contribution in [3.63, 3.8) is 0 Å². The molecule has 2 aliphatic rings. The highest BCUT2D eigenvalue weighted by molar-refractivity contribution is 7.88. The van der Waals surface area contributed by atoms with Gasteiger partial charge in [0.1, 0.15) is 5.71 Å².